The van der Waals surface area contributed by atoms with Crippen LogP contribution in [0.4, 0.5) is 0 Å². The second-order valence-corrected chi connectivity index (χ2v) is 5.22. The molecule has 0 bridgehead atoms. The van der Waals surface area contributed by atoms with E-state index in [0.717, 1.165) is 35.9 Å². The van der Waals surface area contributed by atoms with E-state index in [0.29, 0.717) is 0 Å². The maximum Gasteiger partial charge on any atom is 0.159 e. The number of nitrogens with one attached hydrogen (secondary N) is 1. The van der Waals surface area contributed by atoms with Gasteiger partial charge in [0.15, 0.2) is 5.82 Å². The molecule has 0 amide bonds. The fraction of sp³-hybridized carbons (Fsp3) is 0.176. The van der Waals surface area contributed by atoms with Crippen molar-refractivity contribution in [3.63, 3.8) is 0 Å². The third-order valence-corrected chi connectivity index (χ3v) is 3.90. The van der Waals surface area contributed by atoms with Gasteiger partial charge in [-0.05, 0) is 23.8 Å². The van der Waals surface area contributed by atoms with Crippen LogP contribution in [0.25, 0.3) is 22.2 Å². The molecule has 1 aliphatic rings. The normalized spacial score (nSPS) is 13.7. The topological polar surface area (TPSA) is 37.8 Å². The third-order valence-electron chi connectivity index (χ3n) is 3.90. The molecule has 1 N–H and O–H groups in total. The van der Waals surface area contributed by atoms with Crippen molar-refractivity contribution in [2.45, 2.75) is 20.0 Å². The first-order chi connectivity index (χ1) is 9.81. The van der Waals surface area contributed by atoms with Crippen molar-refractivity contribution in [1.29, 1.82) is 0 Å². The molecule has 20 heavy (non-hydrogen) atoms. The first-order valence-electron chi connectivity index (χ1n) is 6.87. The van der Waals surface area contributed by atoms with Gasteiger partial charge in [0.05, 0.1) is 5.69 Å². The number of aromatic nitrogens is 2. The van der Waals surface area contributed by atoms with E-state index in [1.54, 1.807) is 0 Å². The zero-order valence-electron chi connectivity index (χ0n) is 11.4. The van der Waals surface area contributed by atoms with Crippen LogP contribution in [-0.4, -0.2) is 9.97 Å². The Morgan fingerprint density at radius 3 is 2.70 bits per heavy atom. The van der Waals surface area contributed by atoms with Crippen LogP contribution in [0.3, 0.4) is 0 Å². The van der Waals surface area contributed by atoms with E-state index >= 15 is 0 Å². The number of nitrogens with zero attached hydrogens (tertiary/aromatic N) is 2. The van der Waals surface area contributed by atoms with Crippen molar-refractivity contribution in [2.24, 2.45) is 0 Å². The summed E-state index contributed by atoms with van der Waals surface area (Å²) in [4.78, 5) is 9.39. The average molecular weight is 261 g/mol. The Morgan fingerprint density at radius 1 is 0.950 bits per heavy atom. The molecule has 3 nitrogen and oxygen atoms in total. The third kappa shape index (κ3) is 1.79. The highest BCUT2D eigenvalue weighted by Crippen LogP contribution is 2.25. The summed E-state index contributed by atoms with van der Waals surface area (Å²) in [5, 5.41) is 5.81. The van der Waals surface area contributed by atoms with Crippen molar-refractivity contribution >= 4 is 10.8 Å². The van der Waals surface area contributed by atoms with Gasteiger partial charge in [0.1, 0.15) is 0 Å². The largest absolute Gasteiger partial charge is 0.307 e. The van der Waals surface area contributed by atoms with Gasteiger partial charge in [-0.1, -0.05) is 36.4 Å². The summed E-state index contributed by atoms with van der Waals surface area (Å²) in [6, 6.07) is 14.8. The molecule has 0 unspecified atom stereocenters. The Kier molecular flexibility index (Phi) is 2.54. The second kappa shape index (κ2) is 4.39. The Balaban J connectivity index is 1.88. The molecule has 0 saturated carbocycles. The number of hydrogen-bond acceptors (Lipinski definition) is 3. The minimum Gasteiger partial charge on any atom is -0.307 e. The molecule has 0 saturated heterocycles. The first kappa shape index (κ1) is 11.6. The predicted molar refractivity (Wildman–Crippen MR) is 80.3 cm³/mol. The molecular weight excluding hydrogens is 246 g/mol. The molecule has 3 heteroatoms. The van der Waals surface area contributed by atoms with E-state index in [2.05, 4.69) is 59.7 Å². The van der Waals surface area contributed by atoms with Crippen LogP contribution in [-0.2, 0) is 13.1 Å². The fourth-order valence-electron chi connectivity index (χ4n) is 2.80. The zero-order valence-corrected chi connectivity index (χ0v) is 11.4. The van der Waals surface area contributed by atoms with E-state index < -0.39 is 0 Å². The lowest BCUT2D eigenvalue weighted by atomic mass is 10.1. The van der Waals surface area contributed by atoms with Crippen LogP contribution in [0.2, 0.25) is 0 Å². The van der Waals surface area contributed by atoms with E-state index in [1.165, 1.54) is 16.3 Å². The van der Waals surface area contributed by atoms with Gasteiger partial charge in [-0.2, -0.15) is 0 Å². The quantitative estimate of drug-likeness (QED) is 0.731. The number of aryl methyl sites for hydroxylation is 1. The second-order valence-electron chi connectivity index (χ2n) is 5.22. The molecule has 0 atom stereocenters. The van der Waals surface area contributed by atoms with Gasteiger partial charge in [-0.25, -0.2) is 9.97 Å². The molecule has 1 aromatic heterocycles. The average Bonchev–Trinajstić information content (AvgIpc) is 2.96. The van der Waals surface area contributed by atoms with Crippen LogP contribution in [0, 0.1) is 6.92 Å². The van der Waals surface area contributed by atoms with Gasteiger partial charge >= 0.3 is 0 Å². The Labute approximate surface area is 117 Å². The van der Waals surface area contributed by atoms with Crippen LogP contribution in [0.5, 0.6) is 0 Å². The summed E-state index contributed by atoms with van der Waals surface area (Å²) in [6.45, 7) is 3.80. The minimum absolute atomic E-state index is 0.829. The van der Waals surface area contributed by atoms with Gasteiger partial charge in [0, 0.05) is 29.9 Å². The lowest BCUT2D eigenvalue weighted by Crippen LogP contribution is -2.00. The van der Waals surface area contributed by atoms with Gasteiger partial charge in [-0.3, -0.25) is 0 Å². The Morgan fingerprint density at radius 2 is 1.80 bits per heavy atom. The van der Waals surface area contributed by atoms with Crippen molar-refractivity contribution < 1.29 is 0 Å². The fourth-order valence-corrected chi connectivity index (χ4v) is 2.80. The van der Waals surface area contributed by atoms with Crippen molar-refractivity contribution in [2.75, 3.05) is 0 Å². The molecule has 4 rings (SSSR count). The molecule has 0 fully saturated rings. The van der Waals surface area contributed by atoms with E-state index in [1.807, 2.05) is 0 Å². The monoisotopic (exact) mass is 261 g/mol. The lowest BCUT2D eigenvalue weighted by molar-refractivity contribution is 0.757. The van der Waals surface area contributed by atoms with Gasteiger partial charge in [0.2, 0.25) is 0 Å². The Hall–Kier alpha value is -2.26. The van der Waals surface area contributed by atoms with Crippen molar-refractivity contribution in [3.8, 4) is 11.4 Å². The summed E-state index contributed by atoms with van der Waals surface area (Å²) in [6.07, 6.45) is 0. The smallest absolute Gasteiger partial charge is 0.159 e. The summed E-state index contributed by atoms with van der Waals surface area (Å²) in [5.41, 5.74) is 4.57. The van der Waals surface area contributed by atoms with E-state index in [-0.39, 0.29) is 0 Å². The number of hydrogen-bond donors (Lipinski definition) is 1. The van der Waals surface area contributed by atoms with Gasteiger partial charge < -0.3 is 5.32 Å². The molecule has 0 spiro atoms. The summed E-state index contributed by atoms with van der Waals surface area (Å²) in [7, 11) is 0. The van der Waals surface area contributed by atoms with Gasteiger partial charge in [0.25, 0.3) is 0 Å². The van der Waals surface area contributed by atoms with Crippen LogP contribution >= 0.6 is 0 Å². The van der Waals surface area contributed by atoms with Crippen LogP contribution in [0.15, 0.2) is 42.5 Å². The molecule has 3 aromatic rings. The predicted octanol–water partition coefficient (Wildman–Crippen LogP) is 3.21. The summed E-state index contributed by atoms with van der Waals surface area (Å²) >= 11 is 0. The van der Waals surface area contributed by atoms with Crippen molar-refractivity contribution in [1.82, 2.24) is 15.3 Å². The SMILES string of the molecule is Cc1nc(-c2ccc3ccccc3c2)nc2c1CNC2. The molecule has 1 aliphatic heterocycles. The highest BCUT2D eigenvalue weighted by atomic mass is 15.0. The number of rotatable bonds is 1. The standard InChI is InChI=1S/C17H15N3/c1-11-15-9-18-10-16(15)20-17(19-11)14-7-6-12-4-2-3-5-13(12)8-14/h2-8,18H,9-10H2,1H3. The van der Waals surface area contributed by atoms with E-state index in [4.69, 9.17) is 4.98 Å². The van der Waals surface area contributed by atoms with Crippen LogP contribution in [0.1, 0.15) is 17.0 Å². The first-order valence-corrected chi connectivity index (χ1v) is 6.87. The molecule has 98 valence electrons. The lowest BCUT2D eigenvalue weighted by Gasteiger charge is -2.07. The zero-order chi connectivity index (χ0) is 13.5. The summed E-state index contributed by atoms with van der Waals surface area (Å²) in [5.74, 6) is 0.829. The molecule has 2 aromatic carbocycles. The van der Waals surface area contributed by atoms with Crippen LogP contribution < -0.4 is 5.32 Å². The molecule has 0 radical (unpaired) electrons. The maximum atomic E-state index is 4.72. The van der Waals surface area contributed by atoms with Crippen molar-refractivity contribution in [3.05, 3.63) is 59.4 Å². The molecular formula is C17H15N3. The number of fused-ring (bicyclic) bond motifs is 2. The summed E-state index contributed by atoms with van der Waals surface area (Å²) < 4.78 is 0. The molecule has 2 heterocycles. The van der Waals surface area contributed by atoms with Gasteiger partial charge in [-0.15, -0.1) is 0 Å². The minimum atomic E-state index is 0.829. The highest BCUT2D eigenvalue weighted by molar-refractivity contribution is 5.86. The maximum absolute atomic E-state index is 4.72. The molecule has 0 aliphatic carbocycles. The Bertz CT molecular complexity index is 808. The number of benzene rings is 2. The van der Waals surface area contributed by atoms with E-state index in [9.17, 15) is 0 Å². The highest BCUT2D eigenvalue weighted by Gasteiger charge is 2.17.